The molecule has 1 unspecified atom stereocenters. The molecule has 0 radical (unpaired) electrons. The molecule has 15 heavy (non-hydrogen) atoms. The zero-order chi connectivity index (χ0) is 11.1. The Balaban J connectivity index is 2.62. The molecule has 1 aromatic carbocycles. The van der Waals surface area contributed by atoms with Crippen LogP contribution in [0.25, 0.3) is 6.08 Å². The molecule has 0 aliphatic carbocycles. The third kappa shape index (κ3) is 4.27. The van der Waals surface area contributed by atoms with Gasteiger partial charge in [-0.3, -0.25) is 4.79 Å². The smallest absolute Gasteiger partial charge is 0.303 e. The molecule has 0 saturated heterocycles. The molecular weight excluding hydrogens is 188 g/mol. The predicted octanol–water partition coefficient (Wildman–Crippen LogP) is 2.82. The largest absolute Gasteiger partial charge is 0.454 e. The first kappa shape index (κ1) is 11.2. The van der Waals surface area contributed by atoms with Crippen molar-refractivity contribution < 1.29 is 9.53 Å². The van der Waals surface area contributed by atoms with E-state index in [0.29, 0.717) is 0 Å². The van der Waals surface area contributed by atoms with Crippen LogP contribution in [0.3, 0.4) is 0 Å². The fraction of sp³-hybridized carbons (Fsp3) is 0.154. The van der Waals surface area contributed by atoms with Crippen molar-refractivity contribution in [3.8, 4) is 0 Å². The summed E-state index contributed by atoms with van der Waals surface area (Å²) in [6.07, 6.45) is 4.92. The summed E-state index contributed by atoms with van der Waals surface area (Å²) in [7, 11) is 0. The molecule has 0 N–H and O–H groups in total. The molecule has 0 aliphatic heterocycles. The normalized spacial score (nSPS) is 12.3. The van der Waals surface area contributed by atoms with E-state index in [1.165, 1.54) is 6.92 Å². The summed E-state index contributed by atoms with van der Waals surface area (Å²) in [5, 5.41) is 0. The van der Waals surface area contributed by atoms with Gasteiger partial charge in [0.15, 0.2) is 0 Å². The van der Waals surface area contributed by atoms with Crippen LogP contribution in [0.5, 0.6) is 0 Å². The molecule has 78 valence electrons. The second-order valence-electron chi connectivity index (χ2n) is 3.08. The number of rotatable bonds is 4. The third-order valence-electron chi connectivity index (χ3n) is 1.81. The Morgan fingerprint density at radius 1 is 1.40 bits per heavy atom. The van der Waals surface area contributed by atoms with E-state index in [4.69, 9.17) is 4.74 Å². The Morgan fingerprint density at radius 2 is 2.07 bits per heavy atom. The van der Waals surface area contributed by atoms with Crippen molar-refractivity contribution in [3.05, 3.63) is 54.6 Å². The Kier molecular flexibility index (Phi) is 4.35. The van der Waals surface area contributed by atoms with Crippen molar-refractivity contribution in [3.63, 3.8) is 0 Å². The minimum absolute atomic E-state index is 0.308. The molecular formula is C13H14O2. The SMILES string of the molecule is C=CC(C=Cc1ccccc1)OC(C)=O. The first-order valence-corrected chi connectivity index (χ1v) is 4.75. The Bertz CT molecular complexity index is 352. The molecule has 0 aromatic heterocycles. The highest BCUT2D eigenvalue weighted by Crippen LogP contribution is 2.04. The summed E-state index contributed by atoms with van der Waals surface area (Å²) in [6, 6.07) is 9.81. The van der Waals surface area contributed by atoms with Crippen LogP contribution in [0, 0.1) is 0 Å². The number of benzene rings is 1. The lowest BCUT2D eigenvalue weighted by Crippen LogP contribution is -2.09. The van der Waals surface area contributed by atoms with E-state index < -0.39 is 0 Å². The highest BCUT2D eigenvalue weighted by Gasteiger charge is 2.01. The van der Waals surface area contributed by atoms with Crippen molar-refractivity contribution in [1.29, 1.82) is 0 Å². The van der Waals surface area contributed by atoms with Crippen LogP contribution in [0.15, 0.2) is 49.1 Å². The van der Waals surface area contributed by atoms with Crippen molar-refractivity contribution in [2.45, 2.75) is 13.0 Å². The lowest BCUT2D eigenvalue weighted by Gasteiger charge is -2.06. The second-order valence-corrected chi connectivity index (χ2v) is 3.08. The molecule has 1 rings (SSSR count). The summed E-state index contributed by atoms with van der Waals surface area (Å²) < 4.78 is 4.98. The fourth-order valence-corrected chi connectivity index (χ4v) is 1.13. The fourth-order valence-electron chi connectivity index (χ4n) is 1.13. The molecule has 1 aromatic rings. The van der Waals surface area contributed by atoms with Crippen LogP contribution in [-0.4, -0.2) is 12.1 Å². The molecule has 0 bridgehead atoms. The van der Waals surface area contributed by atoms with Gasteiger partial charge in [-0.1, -0.05) is 43.0 Å². The zero-order valence-corrected chi connectivity index (χ0v) is 8.72. The highest BCUT2D eigenvalue weighted by atomic mass is 16.5. The van der Waals surface area contributed by atoms with E-state index in [2.05, 4.69) is 6.58 Å². The number of hydrogen-bond acceptors (Lipinski definition) is 2. The molecule has 0 saturated carbocycles. The van der Waals surface area contributed by atoms with Gasteiger partial charge in [-0.15, -0.1) is 0 Å². The van der Waals surface area contributed by atoms with Crippen LogP contribution in [-0.2, 0) is 9.53 Å². The highest BCUT2D eigenvalue weighted by molar-refractivity contribution is 5.66. The van der Waals surface area contributed by atoms with Crippen molar-refractivity contribution in [2.75, 3.05) is 0 Å². The van der Waals surface area contributed by atoms with Gasteiger partial charge in [0.2, 0.25) is 0 Å². The number of esters is 1. The average molecular weight is 202 g/mol. The van der Waals surface area contributed by atoms with Crippen LogP contribution < -0.4 is 0 Å². The lowest BCUT2D eigenvalue weighted by atomic mass is 10.2. The van der Waals surface area contributed by atoms with Gasteiger partial charge in [-0.2, -0.15) is 0 Å². The summed E-state index contributed by atoms with van der Waals surface area (Å²) in [6.45, 7) is 4.98. The molecule has 0 spiro atoms. The summed E-state index contributed by atoms with van der Waals surface area (Å²) in [4.78, 5) is 10.7. The van der Waals surface area contributed by atoms with Gasteiger partial charge in [0, 0.05) is 6.92 Å². The van der Waals surface area contributed by atoms with Gasteiger partial charge in [-0.25, -0.2) is 0 Å². The second kappa shape index (κ2) is 5.81. The number of ether oxygens (including phenoxy) is 1. The van der Waals surface area contributed by atoms with Crippen LogP contribution in [0.1, 0.15) is 12.5 Å². The van der Waals surface area contributed by atoms with Crippen LogP contribution in [0.2, 0.25) is 0 Å². The number of carbonyl (C=O) groups excluding carboxylic acids is 1. The minimum atomic E-state index is -0.359. The molecule has 0 amide bonds. The van der Waals surface area contributed by atoms with E-state index in [-0.39, 0.29) is 12.1 Å². The van der Waals surface area contributed by atoms with Crippen molar-refractivity contribution in [2.24, 2.45) is 0 Å². The predicted molar refractivity (Wildman–Crippen MR) is 61.2 cm³/mol. The van der Waals surface area contributed by atoms with Crippen molar-refractivity contribution >= 4 is 12.0 Å². The maximum atomic E-state index is 10.7. The third-order valence-corrected chi connectivity index (χ3v) is 1.81. The molecule has 2 nitrogen and oxygen atoms in total. The lowest BCUT2D eigenvalue weighted by molar-refractivity contribution is -0.142. The average Bonchev–Trinajstić information content (AvgIpc) is 2.25. The quantitative estimate of drug-likeness (QED) is 0.554. The van der Waals surface area contributed by atoms with E-state index in [1.54, 1.807) is 12.2 Å². The van der Waals surface area contributed by atoms with Crippen molar-refractivity contribution in [1.82, 2.24) is 0 Å². The number of carbonyl (C=O) groups is 1. The molecule has 0 fully saturated rings. The van der Waals surface area contributed by atoms with Gasteiger partial charge >= 0.3 is 5.97 Å². The first-order chi connectivity index (χ1) is 7.22. The molecule has 0 aliphatic rings. The zero-order valence-electron chi connectivity index (χ0n) is 8.72. The Morgan fingerprint density at radius 3 is 2.60 bits per heavy atom. The first-order valence-electron chi connectivity index (χ1n) is 4.75. The number of hydrogen-bond donors (Lipinski definition) is 0. The van der Waals surface area contributed by atoms with Crippen LogP contribution in [0.4, 0.5) is 0 Å². The van der Waals surface area contributed by atoms with E-state index in [9.17, 15) is 4.79 Å². The van der Waals surface area contributed by atoms with E-state index >= 15 is 0 Å². The maximum Gasteiger partial charge on any atom is 0.303 e. The summed E-state index contributed by atoms with van der Waals surface area (Å²) in [5.41, 5.74) is 1.07. The molecule has 2 heteroatoms. The Hall–Kier alpha value is -1.83. The minimum Gasteiger partial charge on any atom is -0.454 e. The monoisotopic (exact) mass is 202 g/mol. The van der Waals surface area contributed by atoms with Crippen LogP contribution >= 0.6 is 0 Å². The Labute approximate surface area is 89.9 Å². The maximum absolute atomic E-state index is 10.7. The molecule has 0 heterocycles. The van der Waals surface area contributed by atoms with E-state index in [1.807, 2.05) is 36.4 Å². The van der Waals surface area contributed by atoms with Gasteiger partial charge in [0.05, 0.1) is 0 Å². The van der Waals surface area contributed by atoms with E-state index in [0.717, 1.165) is 5.56 Å². The topological polar surface area (TPSA) is 26.3 Å². The van der Waals surface area contributed by atoms with Gasteiger partial charge in [0.25, 0.3) is 0 Å². The molecule has 1 atom stereocenters. The standard InChI is InChI=1S/C13H14O2/c1-3-13(15-11(2)14)10-9-12-7-5-4-6-8-12/h3-10,13H,1H2,2H3. The van der Waals surface area contributed by atoms with Gasteiger partial charge in [0.1, 0.15) is 6.10 Å². The summed E-state index contributed by atoms with van der Waals surface area (Å²) in [5.74, 6) is -0.308. The van der Waals surface area contributed by atoms with Gasteiger partial charge in [-0.05, 0) is 17.7 Å². The van der Waals surface area contributed by atoms with Gasteiger partial charge < -0.3 is 4.74 Å². The summed E-state index contributed by atoms with van der Waals surface area (Å²) >= 11 is 0.